The second kappa shape index (κ2) is 34.4. The standard InChI is InChI=1S/C72H44N2O2.C32H16N8.C24H16N2.Cu/c1-5-19-45(20-6-1)59-43-49-23-13-15-29-53(49)67-57-31-17-33-63(69(57)75-71(59)67)73(51-25-9-3-10-26-51)61-41-37-47-36-40-56-62(42-38-48-35-39-55(61)65(47)66(48)56)74(52-27-11-4-12-28-52)64-34-18-32-58-68-54-30-16-14-24-50(54)44-60(72(68)76-70(58)64)46-21-7-2-8-22-46;1-2-10-18-17(9-1)25-33-26(18)38-28-21-13-5-6-14-22(21)30(35-28)40-32-24-16-8-7-15-23(24)31(36-32)39-29-20-12-4-3-11-19(20)27(34-29)37-25;1-3-7-17(8-4-1)19-13-15-25-23-21(19)11-12-22-20(14-16-26-24(22)23)18-9-5-2-6-10-18;/h1-44H;1-16H;1-16H;/q;-2;;. The number of pyridine rings is 2. The van der Waals surface area contributed by atoms with Crippen LogP contribution in [0.1, 0.15) is 0 Å². The summed E-state index contributed by atoms with van der Waals surface area (Å²) in [6, 6.07) is 157. The van der Waals surface area contributed by atoms with Gasteiger partial charge >= 0.3 is 0 Å². The van der Waals surface area contributed by atoms with E-state index in [4.69, 9.17) is 48.7 Å². The van der Waals surface area contributed by atoms with E-state index in [1.54, 1.807) is 0 Å². The van der Waals surface area contributed by atoms with Crippen molar-refractivity contribution in [3.05, 3.63) is 461 Å². The molecule has 7 aromatic heterocycles. The van der Waals surface area contributed by atoms with Gasteiger partial charge in [0.05, 0.1) is 57.1 Å². The van der Waals surface area contributed by atoms with Gasteiger partial charge < -0.3 is 48.5 Å². The SMILES string of the molecule is [Cu].c1ccc(-c2cc3ccccc3c3c2oc2c(N(c4ccccc4)c4ccc5ccc6c(N(c7ccccc7)c7cccc8c7oc7c(-c9ccccc9)cc9ccccc9c78)ccc7ccc4c5c76)cccc23)cc1.c1ccc(-c2ccnc3c2ccc2c(-c4ccccc4)ccnc23)cc1.c1ccc2c(c1)-c1nc-2nc2[n-]c(nc3nc(nc4[n-]c(n1)c1ccccc41)-c1ccccc1-3)c1ccccc21. The summed E-state index contributed by atoms with van der Waals surface area (Å²) >= 11 is 0. The zero-order valence-electron chi connectivity index (χ0n) is 76.4. The molecule has 143 heavy (non-hydrogen) atoms. The zero-order valence-corrected chi connectivity index (χ0v) is 77.3. The minimum absolute atomic E-state index is 0. The Balaban J connectivity index is 0.000000126. The summed E-state index contributed by atoms with van der Waals surface area (Å²) in [4.78, 5) is 53.4. The van der Waals surface area contributed by atoms with E-state index < -0.39 is 0 Å². The normalized spacial score (nSPS) is 11.7. The van der Waals surface area contributed by atoms with Crippen LogP contribution in [0.4, 0.5) is 34.1 Å². The third-order valence-corrected chi connectivity index (χ3v) is 27.8. The molecule has 9 heterocycles. The van der Waals surface area contributed by atoms with Gasteiger partial charge in [-0.1, -0.05) is 376 Å². The topological polar surface area (TPSA) is 164 Å². The molecule has 2 aliphatic heterocycles. The predicted molar refractivity (Wildman–Crippen MR) is 582 cm³/mol. The van der Waals surface area contributed by atoms with Crippen LogP contribution in [-0.2, 0) is 17.1 Å². The van der Waals surface area contributed by atoms with Crippen molar-refractivity contribution in [3.63, 3.8) is 0 Å². The number of hydrogen-bond donors (Lipinski definition) is 0. The summed E-state index contributed by atoms with van der Waals surface area (Å²) in [5.41, 5.74) is 26.4. The average molecular weight is 1880 g/mol. The van der Waals surface area contributed by atoms with Crippen molar-refractivity contribution in [2.75, 3.05) is 9.80 Å². The minimum atomic E-state index is 0. The molecular formula is C128H76CuN12O2-2. The van der Waals surface area contributed by atoms with E-state index in [-0.39, 0.29) is 17.1 Å². The van der Waals surface area contributed by atoms with Crippen molar-refractivity contribution in [2.24, 2.45) is 0 Å². The summed E-state index contributed by atoms with van der Waals surface area (Å²) in [6.07, 6.45) is 3.75. The molecule has 673 valence electrons. The van der Waals surface area contributed by atoms with Crippen molar-refractivity contribution < 1.29 is 25.9 Å². The van der Waals surface area contributed by atoms with Crippen LogP contribution in [0.25, 0.3) is 254 Å². The van der Waals surface area contributed by atoms with Gasteiger partial charge in [0.1, 0.15) is 11.2 Å². The monoisotopic (exact) mass is 1880 g/mol. The Hall–Kier alpha value is -18.9. The maximum absolute atomic E-state index is 7.30. The second-order valence-electron chi connectivity index (χ2n) is 35.8. The van der Waals surface area contributed by atoms with Crippen molar-refractivity contribution >= 4 is 198 Å². The molecule has 8 bridgehead atoms. The van der Waals surface area contributed by atoms with Crippen LogP contribution in [0.15, 0.2) is 470 Å². The van der Waals surface area contributed by atoms with Gasteiger partial charge in [0.15, 0.2) is 11.2 Å². The molecule has 21 aromatic carbocycles. The van der Waals surface area contributed by atoms with Crippen LogP contribution in [-0.4, -0.2) is 39.9 Å². The number of anilines is 6. The van der Waals surface area contributed by atoms with E-state index in [1.807, 2.05) is 122 Å². The van der Waals surface area contributed by atoms with E-state index in [9.17, 15) is 0 Å². The fourth-order valence-corrected chi connectivity index (χ4v) is 21.4. The molecule has 0 unspecified atom stereocenters. The Morgan fingerprint density at radius 2 is 0.483 bits per heavy atom. The quantitative estimate of drug-likeness (QED) is 0.0938. The van der Waals surface area contributed by atoms with E-state index in [0.717, 1.165) is 177 Å². The van der Waals surface area contributed by atoms with E-state index >= 15 is 0 Å². The van der Waals surface area contributed by atoms with Gasteiger partial charge in [-0.25, -0.2) is 9.97 Å². The molecule has 0 amide bonds. The van der Waals surface area contributed by atoms with E-state index in [0.29, 0.717) is 45.9 Å². The number of aromatic nitrogens is 10. The largest absolute Gasteiger partial charge is 0.453 e. The Kier molecular flexibility index (Phi) is 20.0. The predicted octanol–water partition coefficient (Wildman–Crippen LogP) is 33.2. The number of furan rings is 2. The van der Waals surface area contributed by atoms with Gasteiger partial charge in [-0.15, -0.1) is 0 Å². The number of para-hydroxylation sites is 4. The van der Waals surface area contributed by atoms with Crippen LogP contribution >= 0.6 is 0 Å². The first-order valence-corrected chi connectivity index (χ1v) is 47.6. The van der Waals surface area contributed by atoms with Crippen molar-refractivity contribution in [2.45, 2.75) is 0 Å². The number of rotatable bonds is 10. The summed E-state index contributed by atoms with van der Waals surface area (Å²) in [5.74, 6) is 2.21. The van der Waals surface area contributed by atoms with Gasteiger partial charge in [-0.2, -0.15) is 0 Å². The van der Waals surface area contributed by atoms with Gasteiger partial charge in [0, 0.05) is 140 Å². The third-order valence-electron chi connectivity index (χ3n) is 27.8. The molecule has 0 N–H and O–H groups in total. The van der Waals surface area contributed by atoms with Gasteiger partial charge in [-0.3, -0.25) is 9.97 Å². The molecule has 0 saturated heterocycles. The van der Waals surface area contributed by atoms with Crippen LogP contribution in [0.3, 0.4) is 0 Å². The smallest absolute Gasteiger partial charge is 0.159 e. The molecule has 0 fully saturated rings. The Labute approximate surface area is 828 Å². The molecular weight excluding hydrogens is 1800 g/mol. The molecule has 30 rings (SSSR count). The molecule has 0 aliphatic carbocycles. The second-order valence-corrected chi connectivity index (χ2v) is 35.8. The molecule has 0 spiro atoms. The number of benzene rings is 21. The Morgan fingerprint density at radius 3 is 0.839 bits per heavy atom. The number of nitrogens with zero attached hydrogens (tertiary/aromatic N) is 12. The maximum Gasteiger partial charge on any atom is 0.159 e. The third kappa shape index (κ3) is 13.9. The van der Waals surface area contributed by atoms with Crippen molar-refractivity contribution in [3.8, 4) is 90.1 Å². The van der Waals surface area contributed by atoms with E-state index in [2.05, 4.69) is 359 Å². The first-order chi connectivity index (χ1) is 70.4. The fraction of sp³-hybridized carbons (Fsp3) is 0. The molecule has 1 radical (unpaired) electrons. The average Bonchev–Trinajstić information content (AvgIpc) is 1.71. The zero-order chi connectivity index (χ0) is 93.4. The molecule has 2 aliphatic rings. The summed E-state index contributed by atoms with van der Waals surface area (Å²) in [6.45, 7) is 0. The first-order valence-electron chi connectivity index (χ1n) is 47.6. The summed E-state index contributed by atoms with van der Waals surface area (Å²) in [7, 11) is 0. The number of fused-ring (bicyclic) bond motifs is 33. The molecule has 14 nitrogen and oxygen atoms in total. The minimum Gasteiger partial charge on any atom is -0.453 e. The van der Waals surface area contributed by atoms with Crippen LogP contribution in [0.2, 0.25) is 0 Å². The molecule has 15 heteroatoms. The Bertz CT molecular complexity index is 9430. The first kappa shape index (κ1) is 83.5. The Morgan fingerprint density at radius 1 is 0.189 bits per heavy atom. The van der Waals surface area contributed by atoms with Crippen LogP contribution < -0.4 is 19.8 Å². The summed E-state index contributed by atoms with van der Waals surface area (Å²) < 4.78 is 14.6. The van der Waals surface area contributed by atoms with Crippen molar-refractivity contribution in [1.82, 2.24) is 49.8 Å². The van der Waals surface area contributed by atoms with Crippen LogP contribution in [0, 0.1) is 0 Å². The van der Waals surface area contributed by atoms with Crippen LogP contribution in [0.5, 0.6) is 0 Å². The van der Waals surface area contributed by atoms with Crippen molar-refractivity contribution in [1.29, 1.82) is 0 Å². The molecule has 28 aromatic rings. The van der Waals surface area contributed by atoms with Gasteiger partial charge in [0.25, 0.3) is 0 Å². The summed E-state index contributed by atoms with van der Waals surface area (Å²) in [5, 5.41) is 22.0. The van der Waals surface area contributed by atoms with Gasteiger partial charge in [-0.05, 0) is 171 Å². The molecule has 0 atom stereocenters. The fourth-order valence-electron chi connectivity index (χ4n) is 21.4. The van der Waals surface area contributed by atoms with E-state index in [1.165, 1.54) is 65.3 Å². The number of hydrogen-bond acceptors (Lipinski definition) is 12. The van der Waals surface area contributed by atoms with Gasteiger partial charge in [0.2, 0.25) is 0 Å². The molecule has 0 saturated carbocycles. The maximum atomic E-state index is 7.30.